The molecule has 1 aliphatic carbocycles. The summed E-state index contributed by atoms with van der Waals surface area (Å²) in [5.74, 6) is 0.599. The van der Waals surface area contributed by atoms with Crippen LogP contribution in [0.5, 0.6) is 0 Å². The lowest BCUT2D eigenvalue weighted by Crippen LogP contribution is -2.40. The Labute approximate surface area is 148 Å². The summed E-state index contributed by atoms with van der Waals surface area (Å²) in [5, 5.41) is 4.67. The van der Waals surface area contributed by atoms with E-state index in [1.807, 2.05) is 41.5 Å². The van der Waals surface area contributed by atoms with E-state index in [1.165, 1.54) is 19.3 Å². The summed E-state index contributed by atoms with van der Waals surface area (Å²) in [5.41, 5.74) is 1.85. The van der Waals surface area contributed by atoms with Crippen LogP contribution in [0.25, 0.3) is 0 Å². The summed E-state index contributed by atoms with van der Waals surface area (Å²) < 4.78 is 3.94. The molecule has 1 saturated heterocycles. The minimum Gasteiger partial charge on any atom is -0.336 e. The summed E-state index contributed by atoms with van der Waals surface area (Å²) in [6.45, 7) is 1.59. The third-order valence-electron chi connectivity index (χ3n) is 5.71. The van der Waals surface area contributed by atoms with E-state index < -0.39 is 0 Å². The second kappa shape index (κ2) is 7.02. The second-order valence-electron chi connectivity index (χ2n) is 7.49. The number of aromatic nitrogens is 4. The maximum absolute atomic E-state index is 13.2. The van der Waals surface area contributed by atoms with Crippen molar-refractivity contribution < 1.29 is 4.79 Å². The molecule has 1 atom stereocenters. The molecule has 0 spiro atoms. The largest absolute Gasteiger partial charge is 0.336 e. The molecule has 1 saturated carbocycles. The van der Waals surface area contributed by atoms with Crippen molar-refractivity contribution >= 4 is 5.91 Å². The van der Waals surface area contributed by atoms with Crippen molar-refractivity contribution in [3.63, 3.8) is 0 Å². The summed E-state index contributed by atoms with van der Waals surface area (Å²) >= 11 is 0. The Hall–Kier alpha value is -2.11. The normalized spacial score (nSPS) is 22.3. The van der Waals surface area contributed by atoms with E-state index in [9.17, 15) is 4.79 Å². The Kier molecular flexibility index (Phi) is 4.59. The van der Waals surface area contributed by atoms with Gasteiger partial charge in [0.15, 0.2) is 0 Å². The van der Waals surface area contributed by atoms with Crippen LogP contribution < -0.4 is 0 Å². The molecular weight excluding hydrogens is 314 g/mol. The summed E-state index contributed by atoms with van der Waals surface area (Å²) in [7, 11) is 1.92. The number of piperidine rings is 1. The van der Waals surface area contributed by atoms with Gasteiger partial charge in [0.25, 0.3) is 5.91 Å². The Bertz CT molecular complexity index is 714. The SMILES string of the molecule is Cn1cc(C(=O)N2CCCC(n3ccnc3)C2)c(C2CCCCC2)n1. The zero-order valence-electron chi connectivity index (χ0n) is 15.0. The number of hydrogen-bond donors (Lipinski definition) is 0. The van der Waals surface area contributed by atoms with E-state index in [-0.39, 0.29) is 5.91 Å². The van der Waals surface area contributed by atoms with Crippen molar-refractivity contribution in [2.75, 3.05) is 13.1 Å². The van der Waals surface area contributed by atoms with E-state index >= 15 is 0 Å². The van der Waals surface area contributed by atoms with Crippen LogP contribution in [0.15, 0.2) is 24.9 Å². The van der Waals surface area contributed by atoms with Crippen LogP contribution >= 0.6 is 0 Å². The van der Waals surface area contributed by atoms with Crippen molar-refractivity contribution in [3.05, 3.63) is 36.2 Å². The molecular formula is C19H27N5O. The zero-order chi connectivity index (χ0) is 17.2. The number of aryl methyl sites for hydroxylation is 1. The Morgan fingerprint density at radius 1 is 1.16 bits per heavy atom. The highest BCUT2D eigenvalue weighted by atomic mass is 16.2. The first kappa shape index (κ1) is 16.4. The molecule has 0 N–H and O–H groups in total. The topological polar surface area (TPSA) is 56.0 Å². The smallest absolute Gasteiger partial charge is 0.257 e. The molecule has 25 heavy (non-hydrogen) atoms. The number of nitrogens with zero attached hydrogens (tertiary/aromatic N) is 5. The first-order chi connectivity index (χ1) is 12.2. The summed E-state index contributed by atoms with van der Waals surface area (Å²) in [6.07, 6.45) is 15.9. The molecule has 3 heterocycles. The quantitative estimate of drug-likeness (QED) is 0.862. The second-order valence-corrected chi connectivity index (χ2v) is 7.49. The van der Waals surface area contributed by atoms with E-state index in [1.54, 1.807) is 0 Å². The van der Waals surface area contributed by atoms with Gasteiger partial charge in [-0.1, -0.05) is 19.3 Å². The van der Waals surface area contributed by atoms with Gasteiger partial charge in [0.2, 0.25) is 0 Å². The lowest BCUT2D eigenvalue weighted by atomic mass is 9.85. The summed E-state index contributed by atoms with van der Waals surface area (Å²) in [4.78, 5) is 19.4. The standard InChI is InChI=1S/C19H27N5O/c1-22-13-17(18(21-22)15-6-3-2-4-7-15)19(25)23-10-5-8-16(12-23)24-11-9-20-14-24/h9,11,13-16H,2-8,10,12H2,1H3. The average molecular weight is 341 g/mol. The fourth-order valence-corrected chi connectivity index (χ4v) is 4.39. The number of amides is 1. The molecule has 0 aromatic carbocycles. The maximum atomic E-state index is 13.2. The molecule has 134 valence electrons. The van der Waals surface area contributed by atoms with Crippen molar-refractivity contribution in [1.29, 1.82) is 0 Å². The number of hydrogen-bond acceptors (Lipinski definition) is 3. The third-order valence-corrected chi connectivity index (χ3v) is 5.71. The number of carbonyl (C=O) groups excluding carboxylic acids is 1. The molecule has 1 amide bonds. The van der Waals surface area contributed by atoms with Crippen LogP contribution in [0.3, 0.4) is 0 Å². The molecule has 0 radical (unpaired) electrons. The van der Waals surface area contributed by atoms with Gasteiger partial charge in [-0.05, 0) is 25.7 Å². The van der Waals surface area contributed by atoms with Gasteiger partial charge in [-0.15, -0.1) is 0 Å². The Morgan fingerprint density at radius 2 is 2.00 bits per heavy atom. The van der Waals surface area contributed by atoms with E-state index in [0.29, 0.717) is 12.0 Å². The molecule has 2 aliphatic rings. The number of carbonyl (C=O) groups is 1. The summed E-state index contributed by atoms with van der Waals surface area (Å²) in [6, 6.07) is 0.329. The van der Waals surface area contributed by atoms with Crippen molar-refractivity contribution in [3.8, 4) is 0 Å². The van der Waals surface area contributed by atoms with Gasteiger partial charge in [0.05, 0.1) is 23.6 Å². The first-order valence-corrected chi connectivity index (χ1v) is 9.52. The van der Waals surface area contributed by atoms with E-state index in [2.05, 4.69) is 14.6 Å². The first-order valence-electron chi connectivity index (χ1n) is 9.52. The van der Waals surface area contributed by atoms with Gasteiger partial charge in [-0.2, -0.15) is 5.10 Å². The molecule has 6 nitrogen and oxygen atoms in total. The fraction of sp³-hybridized carbons (Fsp3) is 0.632. The number of imidazole rings is 1. The lowest BCUT2D eigenvalue weighted by Gasteiger charge is -2.33. The van der Waals surface area contributed by atoms with Crippen LogP contribution in [0, 0.1) is 0 Å². The zero-order valence-corrected chi connectivity index (χ0v) is 15.0. The molecule has 4 rings (SSSR count). The van der Waals surface area contributed by atoms with Gasteiger partial charge in [-0.25, -0.2) is 4.98 Å². The minimum absolute atomic E-state index is 0.151. The van der Waals surface area contributed by atoms with Gasteiger partial charge in [0, 0.05) is 44.6 Å². The third kappa shape index (κ3) is 3.34. The highest BCUT2D eigenvalue weighted by molar-refractivity contribution is 5.95. The monoisotopic (exact) mass is 341 g/mol. The average Bonchev–Trinajstić information content (AvgIpc) is 3.32. The highest BCUT2D eigenvalue weighted by Gasteiger charge is 2.30. The molecule has 6 heteroatoms. The van der Waals surface area contributed by atoms with Crippen molar-refractivity contribution in [1.82, 2.24) is 24.2 Å². The van der Waals surface area contributed by atoms with Crippen molar-refractivity contribution in [2.45, 2.75) is 56.9 Å². The van der Waals surface area contributed by atoms with Crippen LogP contribution in [0.4, 0.5) is 0 Å². The van der Waals surface area contributed by atoms with Gasteiger partial charge < -0.3 is 9.47 Å². The number of likely N-dealkylation sites (tertiary alicyclic amines) is 1. The molecule has 2 fully saturated rings. The molecule has 0 bridgehead atoms. The van der Waals surface area contributed by atoms with Crippen molar-refractivity contribution in [2.24, 2.45) is 7.05 Å². The predicted molar refractivity (Wildman–Crippen MR) is 95.4 cm³/mol. The van der Waals surface area contributed by atoms with Gasteiger partial charge in [-0.3, -0.25) is 9.48 Å². The van der Waals surface area contributed by atoms with Crippen LogP contribution in [0.2, 0.25) is 0 Å². The molecule has 1 unspecified atom stereocenters. The number of rotatable bonds is 3. The molecule has 1 aliphatic heterocycles. The van der Waals surface area contributed by atoms with Gasteiger partial charge in [0.1, 0.15) is 0 Å². The van der Waals surface area contributed by atoms with Crippen LogP contribution in [-0.2, 0) is 7.05 Å². The molecule has 2 aromatic rings. The minimum atomic E-state index is 0.151. The van der Waals surface area contributed by atoms with Crippen LogP contribution in [-0.4, -0.2) is 43.2 Å². The van der Waals surface area contributed by atoms with E-state index in [0.717, 1.165) is 50.0 Å². The maximum Gasteiger partial charge on any atom is 0.257 e. The highest BCUT2D eigenvalue weighted by Crippen LogP contribution is 2.34. The predicted octanol–water partition coefficient (Wildman–Crippen LogP) is 3.14. The molecule has 2 aromatic heterocycles. The lowest BCUT2D eigenvalue weighted by molar-refractivity contribution is 0.0677. The van der Waals surface area contributed by atoms with Gasteiger partial charge >= 0.3 is 0 Å². The fourth-order valence-electron chi connectivity index (χ4n) is 4.39. The van der Waals surface area contributed by atoms with E-state index in [4.69, 9.17) is 0 Å². The Balaban J connectivity index is 1.54. The Morgan fingerprint density at radius 3 is 2.76 bits per heavy atom. The van der Waals surface area contributed by atoms with Crippen LogP contribution in [0.1, 0.15) is 73.0 Å².